The van der Waals surface area contributed by atoms with Crippen LogP contribution in [0.3, 0.4) is 0 Å². The van der Waals surface area contributed by atoms with Crippen molar-refractivity contribution in [2.24, 2.45) is 5.41 Å². The molecule has 0 unspecified atom stereocenters. The number of nitrogens with zero attached hydrogens (tertiary/aromatic N) is 1. The maximum Gasteiger partial charge on any atom is 0.319 e. The average Bonchev–Trinajstić information content (AvgIpc) is 3.53. The Hall–Kier alpha value is -2.14. The van der Waals surface area contributed by atoms with Crippen LogP contribution in [0.25, 0.3) is 11.1 Å². The molecule has 2 amide bonds. The van der Waals surface area contributed by atoms with Crippen LogP contribution in [0.4, 0.5) is 14.9 Å². The standard InChI is InChI=1S/C22H25ClFN3O/c1-13-9-17(24)19(27-21(28)25-8-7-22(2)5-6-22)12-16(13)15-10-18(14-3-4-14)26-20(23)11-15/h9-12,14H,3-8H2,1-2H3,(H2,25,27,28). The molecule has 1 aromatic heterocycles. The number of carbonyl (C=O) groups is 1. The van der Waals surface area contributed by atoms with E-state index in [2.05, 4.69) is 22.5 Å². The van der Waals surface area contributed by atoms with Crippen LogP contribution in [0.2, 0.25) is 5.15 Å². The summed E-state index contributed by atoms with van der Waals surface area (Å²) in [5, 5.41) is 5.90. The van der Waals surface area contributed by atoms with Crippen molar-refractivity contribution in [1.82, 2.24) is 10.3 Å². The Morgan fingerprint density at radius 1 is 1.29 bits per heavy atom. The molecule has 0 atom stereocenters. The minimum atomic E-state index is -0.451. The first-order valence-electron chi connectivity index (χ1n) is 9.86. The van der Waals surface area contributed by atoms with E-state index in [0.29, 0.717) is 23.0 Å². The summed E-state index contributed by atoms with van der Waals surface area (Å²) < 4.78 is 14.4. The van der Waals surface area contributed by atoms with Crippen LogP contribution < -0.4 is 10.6 Å². The number of urea groups is 1. The number of aryl methyl sites for hydroxylation is 1. The van der Waals surface area contributed by atoms with Gasteiger partial charge in [-0.25, -0.2) is 14.2 Å². The maximum atomic E-state index is 14.4. The molecule has 2 saturated carbocycles. The predicted octanol–water partition coefficient (Wildman–Crippen LogP) is 6.04. The van der Waals surface area contributed by atoms with Crippen LogP contribution in [0.1, 0.15) is 56.2 Å². The molecule has 2 aliphatic carbocycles. The van der Waals surface area contributed by atoms with Gasteiger partial charge in [0.05, 0.1) is 5.69 Å². The van der Waals surface area contributed by atoms with Crippen LogP contribution in [0, 0.1) is 18.2 Å². The molecule has 0 radical (unpaired) electrons. The maximum absolute atomic E-state index is 14.4. The molecule has 0 saturated heterocycles. The first kappa shape index (κ1) is 19.2. The molecular formula is C22H25ClFN3O. The number of nitrogens with one attached hydrogen (secondary N) is 2. The average molecular weight is 402 g/mol. The molecule has 2 N–H and O–H groups in total. The van der Waals surface area contributed by atoms with Crippen LogP contribution in [-0.4, -0.2) is 17.6 Å². The normalized spacial score (nSPS) is 17.3. The summed E-state index contributed by atoms with van der Waals surface area (Å²) in [7, 11) is 0. The second-order valence-corrected chi connectivity index (χ2v) is 8.85. The van der Waals surface area contributed by atoms with E-state index >= 15 is 0 Å². The first-order valence-corrected chi connectivity index (χ1v) is 10.2. The number of hydrogen-bond donors (Lipinski definition) is 2. The number of halogens is 2. The van der Waals surface area contributed by atoms with Gasteiger partial charge in [0.25, 0.3) is 0 Å². The number of anilines is 1. The monoisotopic (exact) mass is 401 g/mol. The molecule has 2 fully saturated rings. The summed E-state index contributed by atoms with van der Waals surface area (Å²) in [4.78, 5) is 16.6. The summed E-state index contributed by atoms with van der Waals surface area (Å²) in [5.74, 6) is 0.0167. The number of benzene rings is 1. The predicted molar refractivity (Wildman–Crippen MR) is 110 cm³/mol. The van der Waals surface area contributed by atoms with Crippen LogP contribution in [0.5, 0.6) is 0 Å². The van der Waals surface area contributed by atoms with E-state index in [-0.39, 0.29) is 11.7 Å². The van der Waals surface area contributed by atoms with E-state index < -0.39 is 5.82 Å². The molecule has 0 bridgehead atoms. The van der Waals surface area contributed by atoms with E-state index in [1.165, 1.54) is 18.9 Å². The second kappa shape index (κ2) is 7.36. The first-order chi connectivity index (χ1) is 13.3. The third-order valence-corrected chi connectivity index (χ3v) is 5.99. The molecule has 148 valence electrons. The fraction of sp³-hybridized carbons (Fsp3) is 0.455. The molecule has 0 aliphatic heterocycles. The van der Waals surface area contributed by atoms with Crippen molar-refractivity contribution in [2.75, 3.05) is 11.9 Å². The van der Waals surface area contributed by atoms with Gasteiger partial charge in [0.15, 0.2) is 0 Å². The van der Waals surface area contributed by atoms with E-state index in [1.54, 1.807) is 12.1 Å². The van der Waals surface area contributed by atoms with E-state index in [1.807, 2.05) is 13.0 Å². The highest BCUT2D eigenvalue weighted by atomic mass is 35.5. The summed E-state index contributed by atoms with van der Waals surface area (Å²) >= 11 is 6.21. The summed E-state index contributed by atoms with van der Waals surface area (Å²) in [6.07, 6.45) is 5.62. The van der Waals surface area contributed by atoms with E-state index in [4.69, 9.17) is 11.6 Å². The van der Waals surface area contributed by atoms with Crippen molar-refractivity contribution in [1.29, 1.82) is 0 Å². The number of amides is 2. The van der Waals surface area contributed by atoms with Gasteiger partial charge in [-0.15, -0.1) is 0 Å². The molecule has 2 aliphatic rings. The number of carbonyl (C=O) groups excluding carboxylic acids is 1. The van der Waals surface area contributed by atoms with Gasteiger partial charge in [0, 0.05) is 18.2 Å². The zero-order chi connectivity index (χ0) is 19.9. The van der Waals surface area contributed by atoms with Gasteiger partial charge in [-0.3, -0.25) is 0 Å². The van der Waals surface area contributed by atoms with E-state index in [0.717, 1.165) is 41.6 Å². The lowest BCUT2D eigenvalue weighted by molar-refractivity contribution is 0.251. The summed E-state index contributed by atoms with van der Waals surface area (Å²) in [6, 6.07) is 6.54. The molecule has 6 heteroatoms. The minimum Gasteiger partial charge on any atom is -0.338 e. The molecule has 4 rings (SSSR count). The van der Waals surface area contributed by atoms with Crippen LogP contribution >= 0.6 is 11.6 Å². The largest absolute Gasteiger partial charge is 0.338 e. The number of aromatic nitrogens is 1. The van der Waals surface area contributed by atoms with Gasteiger partial charge >= 0.3 is 6.03 Å². The Kier molecular flexibility index (Phi) is 5.04. The fourth-order valence-corrected chi connectivity index (χ4v) is 3.66. The molecule has 1 aromatic carbocycles. The molecule has 1 heterocycles. The van der Waals surface area contributed by atoms with Gasteiger partial charge in [-0.05, 0) is 85.4 Å². The highest BCUT2D eigenvalue weighted by molar-refractivity contribution is 6.29. The minimum absolute atomic E-state index is 0.164. The number of rotatable bonds is 6. The molecule has 28 heavy (non-hydrogen) atoms. The SMILES string of the molecule is Cc1cc(F)c(NC(=O)NCCC2(C)CC2)cc1-c1cc(Cl)nc(C2CC2)c1. The lowest BCUT2D eigenvalue weighted by Gasteiger charge is -2.14. The lowest BCUT2D eigenvalue weighted by Crippen LogP contribution is -2.30. The third-order valence-electron chi connectivity index (χ3n) is 5.80. The Bertz CT molecular complexity index is 922. The summed E-state index contributed by atoms with van der Waals surface area (Å²) in [5.41, 5.74) is 4.03. The number of pyridine rings is 1. The van der Waals surface area contributed by atoms with Crippen LogP contribution in [-0.2, 0) is 0 Å². The van der Waals surface area contributed by atoms with Crippen molar-refractivity contribution in [3.63, 3.8) is 0 Å². The van der Waals surface area contributed by atoms with Gasteiger partial charge in [0.2, 0.25) is 0 Å². The van der Waals surface area contributed by atoms with Crippen molar-refractivity contribution >= 4 is 23.3 Å². The molecule has 4 nitrogen and oxygen atoms in total. The Balaban J connectivity index is 1.52. The van der Waals surface area contributed by atoms with Crippen molar-refractivity contribution < 1.29 is 9.18 Å². The second-order valence-electron chi connectivity index (χ2n) is 8.47. The topological polar surface area (TPSA) is 54.0 Å². The van der Waals surface area contributed by atoms with Crippen molar-refractivity contribution in [3.05, 3.63) is 46.5 Å². The van der Waals surface area contributed by atoms with E-state index in [9.17, 15) is 9.18 Å². The molecule has 2 aromatic rings. The van der Waals surface area contributed by atoms with Gasteiger partial charge in [-0.1, -0.05) is 18.5 Å². The van der Waals surface area contributed by atoms with Gasteiger partial charge in [-0.2, -0.15) is 0 Å². The Labute approximate surface area is 169 Å². The molecule has 0 spiro atoms. The quantitative estimate of drug-likeness (QED) is 0.580. The zero-order valence-corrected chi connectivity index (χ0v) is 17.0. The third kappa shape index (κ3) is 4.46. The molecular weight excluding hydrogens is 377 g/mol. The van der Waals surface area contributed by atoms with Crippen molar-refractivity contribution in [2.45, 2.75) is 51.9 Å². The smallest absolute Gasteiger partial charge is 0.319 e. The van der Waals surface area contributed by atoms with Gasteiger partial charge in [0.1, 0.15) is 11.0 Å². The van der Waals surface area contributed by atoms with Crippen LogP contribution in [0.15, 0.2) is 24.3 Å². The van der Waals surface area contributed by atoms with Gasteiger partial charge < -0.3 is 10.6 Å². The Morgan fingerprint density at radius 2 is 2.04 bits per heavy atom. The Morgan fingerprint density at radius 3 is 2.71 bits per heavy atom. The number of hydrogen-bond acceptors (Lipinski definition) is 2. The fourth-order valence-electron chi connectivity index (χ4n) is 3.45. The summed E-state index contributed by atoms with van der Waals surface area (Å²) in [6.45, 7) is 4.66. The highest BCUT2D eigenvalue weighted by Gasteiger charge is 2.36. The zero-order valence-electron chi connectivity index (χ0n) is 16.2. The van der Waals surface area contributed by atoms with Crippen molar-refractivity contribution in [3.8, 4) is 11.1 Å². The lowest BCUT2D eigenvalue weighted by atomic mass is 9.99. The highest BCUT2D eigenvalue weighted by Crippen LogP contribution is 2.47.